The number of nitrogens with zero attached hydrogens (tertiary/aromatic N) is 1. The Hall–Kier alpha value is -1.26. The number of ether oxygens (including phenoxy) is 2. The van der Waals surface area contributed by atoms with Crippen LogP contribution in [-0.2, 0) is 11.8 Å². The number of likely N-dealkylation sites (N-methyl/N-ethyl adjacent to an activating group) is 1. The number of hydrogen-bond acceptors (Lipinski definition) is 4. The standard InChI is InChI=1S/C19H27NO3/c1-5-14(21)18-19-8-9-20(3)13(11(19)2)10-12-6-7-15(22-4)17(23-18)16(12)19/h6-7,11,13-14,18,21H,5,8-10H2,1-4H3. The third kappa shape index (κ3) is 1.79. The Morgan fingerprint density at radius 1 is 1.48 bits per heavy atom. The van der Waals surface area contributed by atoms with Crippen LogP contribution in [0.25, 0.3) is 0 Å². The van der Waals surface area contributed by atoms with Crippen LogP contribution in [0.2, 0.25) is 0 Å². The normalized spacial score (nSPS) is 36.3. The van der Waals surface area contributed by atoms with Crippen LogP contribution in [0, 0.1) is 5.92 Å². The van der Waals surface area contributed by atoms with E-state index in [9.17, 15) is 5.11 Å². The van der Waals surface area contributed by atoms with Gasteiger partial charge in [0.05, 0.1) is 13.2 Å². The Balaban J connectivity index is 1.95. The Kier molecular flexibility index (Phi) is 3.40. The molecule has 3 aliphatic rings. The van der Waals surface area contributed by atoms with Crippen molar-refractivity contribution >= 4 is 0 Å². The molecule has 5 atom stereocenters. The highest BCUT2D eigenvalue weighted by Crippen LogP contribution is 2.60. The molecular weight excluding hydrogens is 290 g/mol. The molecule has 1 saturated heterocycles. The zero-order valence-electron chi connectivity index (χ0n) is 14.5. The zero-order valence-corrected chi connectivity index (χ0v) is 14.5. The lowest BCUT2D eigenvalue weighted by Gasteiger charge is -2.55. The molecule has 1 fully saturated rings. The Morgan fingerprint density at radius 3 is 2.96 bits per heavy atom. The van der Waals surface area contributed by atoms with Gasteiger partial charge in [-0.1, -0.05) is 19.9 Å². The molecule has 2 bridgehead atoms. The van der Waals surface area contributed by atoms with E-state index in [-0.39, 0.29) is 11.5 Å². The van der Waals surface area contributed by atoms with Gasteiger partial charge in [-0.3, -0.25) is 0 Å². The van der Waals surface area contributed by atoms with Crippen molar-refractivity contribution in [1.82, 2.24) is 4.90 Å². The van der Waals surface area contributed by atoms with E-state index in [4.69, 9.17) is 9.47 Å². The van der Waals surface area contributed by atoms with Crippen molar-refractivity contribution in [3.05, 3.63) is 23.3 Å². The van der Waals surface area contributed by atoms with Crippen LogP contribution >= 0.6 is 0 Å². The first-order valence-corrected chi connectivity index (χ1v) is 8.79. The third-order valence-corrected chi connectivity index (χ3v) is 6.68. The lowest BCUT2D eigenvalue weighted by molar-refractivity contribution is -0.0592. The first-order chi connectivity index (χ1) is 11.0. The van der Waals surface area contributed by atoms with Crippen LogP contribution in [0.5, 0.6) is 11.5 Å². The summed E-state index contributed by atoms with van der Waals surface area (Å²) in [4.78, 5) is 2.48. The van der Waals surface area contributed by atoms with Crippen molar-refractivity contribution in [2.75, 3.05) is 20.7 Å². The highest BCUT2D eigenvalue weighted by atomic mass is 16.5. The second kappa shape index (κ2) is 5.12. The van der Waals surface area contributed by atoms with Gasteiger partial charge in [-0.15, -0.1) is 0 Å². The van der Waals surface area contributed by atoms with Crippen LogP contribution in [0.4, 0.5) is 0 Å². The van der Waals surface area contributed by atoms with Crippen molar-refractivity contribution < 1.29 is 14.6 Å². The molecule has 1 spiro atoms. The molecule has 4 heteroatoms. The topological polar surface area (TPSA) is 41.9 Å². The Morgan fingerprint density at radius 2 is 2.26 bits per heavy atom. The summed E-state index contributed by atoms with van der Waals surface area (Å²) < 4.78 is 12.0. The molecule has 0 aromatic heterocycles. The molecule has 4 rings (SSSR count). The summed E-state index contributed by atoms with van der Waals surface area (Å²) in [6.07, 6.45) is 2.21. The molecule has 23 heavy (non-hydrogen) atoms. The summed E-state index contributed by atoms with van der Waals surface area (Å²) in [5.41, 5.74) is 2.62. The minimum Gasteiger partial charge on any atom is -0.493 e. The molecule has 0 saturated carbocycles. The summed E-state index contributed by atoms with van der Waals surface area (Å²) >= 11 is 0. The summed E-state index contributed by atoms with van der Waals surface area (Å²) in [6, 6.07) is 4.74. The van der Waals surface area contributed by atoms with Gasteiger partial charge in [-0.25, -0.2) is 0 Å². The monoisotopic (exact) mass is 317 g/mol. The number of aliphatic hydroxyl groups is 1. The average molecular weight is 317 g/mol. The van der Waals surface area contributed by atoms with Crippen LogP contribution in [0.3, 0.4) is 0 Å². The second-order valence-corrected chi connectivity index (χ2v) is 7.48. The molecule has 1 aromatic carbocycles. The Bertz CT molecular complexity index is 631. The van der Waals surface area contributed by atoms with Gasteiger partial charge in [0.15, 0.2) is 11.5 Å². The van der Waals surface area contributed by atoms with Gasteiger partial charge in [-0.05, 0) is 50.4 Å². The predicted octanol–water partition coefficient (Wildman–Crippen LogP) is 2.36. The first kappa shape index (κ1) is 15.3. The molecule has 1 aliphatic carbocycles. The van der Waals surface area contributed by atoms with Crippen LogP contribution in [0.1, 0.15) is 37.8 Å². The third-order valence-electron chi connectivity index (χ3n) is 6.68. The highest BCUT2D eigenvalue weighted by molar-refractivity contribution is 5.60. The van der Waals surface area contributed by atoms with E-state index in [1.54, 1.807) is 7.11 Å². The fraction of sp³-hybridized carbons (Fsp3) is 0.684. The molecule has 126 valence electrons. The van der Waals surface area contributed by atoms with E-state index in [0.29, 0.717) is 18.4 Å². The van der Waals surface area contributed by atoms with Crippen LogP contribution < -0.4 is 9.47 Å². The number of benzene rings is 1. The van der Waals surface area contributed by atoms with Gasteiger partial charge in [0.1, 0.15) is 6.10 Å². The highest BCUT2D eigenvalue weighted by Gasteiger charge is 2.62. The maximum atomic E-state index is 10.7. The number of piperidine rings is 1. The largest absolute Gasteiger partial charge is 0.493 e. The molecule has 5 unspecified atom stereocenters. The smallest absolute Gasteiger partial charge is 0.165 e. The summed E-state index contributed by atoms with van der Waals surface area (Å²) in [5, 5.41) is 10.7. The molecule has 0 radical (unpaired) electrons. The molecule has 2 heterocycles. The quantitative estimate of drug-likeness (QED) is 0.929. The maximum absolute atomic E-state index is 10.7. The molecule has 4 nitrogen and oxygen atoms in total. The number of aliphatic hydroxyl groups excluding tert-OH is 1. The predicted molar refractivity (Wildman–Crippen MR) is 89.3 cm³/mol. The fourth-order valence-electron chi connectivity index (χ4n) is 5.36. The summed E-state index contributed by atoms with van der Waals surface area (Å²) in [5.74, 6) is 2.16. The van der Waals surface area contributed by atoms with Crippen molar-refractivity contribution in [3.8, 4) is 11.5 Å². The number of methoxy groups -OCH3 is 1. The molecule has 2 aliphatic heterocycles. The van der Waals surface area contributed by atoms with Gasteiger partial charge >= 0.3 is 0 Å². The van der Waals surface area contributed by atoms with E-state index in [0.717, 1.165) is 30.9 Å². The van der Waals surface area contributed by atoms with E-state index < -0.39 is 6.10 Å². The summed E-state index contributed by atoms with van der Waals surface area (Å²) in [7, 11) is 3.92. The maximum Gasteiger partial charge on any atom is 0.165 e. The number of likely N-dealkylation sites (tertiary alicyclic amines) is 1. The van der Waals surface area contributed by atoms with Crippen molar-refractivity contribution in [2.24, 2.45) is 5.92 Å². The zero-order chi connectivity index (χ0) is 16.4. The van der Waals surface area contributed by atoms with Gasteiger partial charge in [0, 0.05) is 17.0 Å². The van der Waals surface area contributed by atoms with Crippen molar-refractivity contribution in [1.29, 1.82) is 0 Å². The van der Waals surface area contributed by atoms with Crippen molar-refractivity contribution in [2.45, 2.75) is 56.8 Å². The lowest BCUT2D eigenvalue weighted by atomic mass is 9.55. The van der Waals surface area contributed by atoms with E-state index in [1.807, 2.05) is 13.0 Å². The van der Waals surface area contributed by atoms with Crippen LogP contribution in [0.15, 0.2) is 12.1 Å². The Labute approximate surface area is 138 Å². The summed E-state index contributed by atoms with van der Waals surface area (Å²) in [6.45, 7) is 5.43. The first-order valence-electron chi connectivity index (χ1n) is 8.79. The average Bonchev–Trinajstić information content (AvgIpc) is 2.90. The van der Waals surface area contributed by atoms with Gasteiger partial charge < -0.3 is 19.5 Å². The molecular formula is C19H27NO3. The molecule has 0 amide bonds. The van der Waals surface area contributed by atoms with Gasteiger partial charge in [-0.2, -0.15) is 0 Å². The number of fused-ring (bicyclic) bond motifs is 1. The lowest BCUT2D eigenvalue weighted by Crippen LogP contribution is -2.63. The minimum atomic E-state index is -0.440. The second-order valence-electron chi connectivity index (χ2n) is 7.48. The van der Waals surface area contributed by atoms with Gasteiger partial charge in [0.25, 0.3) is 0 Å². The van der Waals surface area contributed by atoms with Gasteiger partial charge in [0.2, 0.25) is 0 Å². The number of hydrogen-bond donors (Lipinski definition) is 1. The number of rotatable bonds is 3. The van der Waals surface area contributed by atoms with Crippen LogP contribution in [-0.4, -0.2) is 49.0 Å². The minimum absolute atomic E-state index is 0.0793. The van der Waals surface area contributed by atoms with E-state index in [2.05, 4.69) is 24.9 Å². The molecule has 1 N–H and O–H groups in total. The van der Waals surface area contributed by atoms with E-state index >= 15 is 0 Å². The van der Waals surface area contributed by atoms with Crippen molar-refractivity contribution in [3.63, 3.8) is 0 Å². The SMILES string of the molecule is CCC(O)C1Oc2c(OC)ccc3c2C12CCN(C)C(C3)C2C. The fourth-order valence-corrected chi connectivity index (χ4v) is 5.36. The van der Waals surface area contributed by atoms with E-state index in [1.165, 1.54) is 11.1 Å². The molecule has 1 aromatic rings.